The molecule has 0 bridgehead atoms. The Morgan fingerprint density at radius 2 is 1.93 bits per heavy atom. The Morgan fingerprint density at radius 1 is 1.17 bits per heavy atom. The number of halogens is 2. The molecule has 3 rings (SSSR count). The van der Waals surface area contributed by atoms with Crippen molar-refractivity contribution in [2.24, 2.45) is 0 Å². The molecule has 0 fully saturated rings. The van der Waals surface area contributed by atoms with Gasteiger partial charge in [-0.3, -0.25) is 4.79 Å². The van der Waals surface area contributed by atoms with Crippen molar-refractivity contribution in [2.45, 2.75) is 6.61 Å². The predicted molar refractivity (Wildman–Crippen MR) is 115 cm³/mol. The minimum atomic E-state index is -0.598. The van der Waals surface area contributed by atoms with Crippen molar-refractivity contribution in [3.8, 4) is 17.6 Å². The van der Waals surface area contributed by atoms with Crippen molar-refractivity contribution in [1.29, 1.82) is 5.26 Å². The number of ether oxygens (including phenoxy) is 1. The molecule has 0 unspecified atom stereocenters. The van der Waals surface area contributed by atoms with Crippen LogP contribution in [0.2, 0.25) is 0 Å². The van der Waals surface area contributed by atoms with Gasteiger partial charge in [0.05, 0.1) is 0 Å². The summed E-state index contributed by atoms with van der Waals surface area (Å²) in [6, 6.07) is 19.0. The lowest BCUT2D eigenvalue weighted by atomic mass is 10.1. The molecule has 1 amide bonds. The maximum atomic E-state index is 13.4. The Balaban J connectivity index is 1.82. The lowest BCUT2D eigenvalue weighted by molar-refractivity contribution is -0.112. The molecule has 5 nitrogen and oxygen atoms in total. The molecule has 0 aliphatic rings. The van der Waals surface area contributed by atoms with Gasteiger partial charge in [0.25, 0.3) is 5.91 Å². The van der Waals surface area contributed by atoms with E-state index in [1.165, 1.54) is 42.5 Å². The molecular formula is C23H16BrFN2O3. The minimum absolute atomic E-state index is 0.0678. The van der Waals surface area contributed by atoms with Crippen LogP contribution >= 0.6 is 15.9 Å². The molecule has 30 heavy (non-hydrogen) atoms. The van der Waals surface area contributed by atoms with E-state index in [-0.39, 0.29) is 23.7 Å². The van der Waals surface area contributed by atoms with E-state index in [2.05, 4.69) is 21.2 Å². The summed E-state index contributed by atoms with van der Waals surface area (Å²) < 4.78 is 19.9. The highest BCUT2D eigenvalue weighted by Crippen LogP contribution is 2.27. The van der Waals surface area contributed by atoms with Crippen LogP contribution in [0.5, 0.6) is 11.5 Å². The quantitative estimate of drug-likeness (QED) is 0.288. The van der Waals surface area contributed by atoms with Crippen LogP contribution in [0.3, 0.4) is 0 Å². The van der Waals surface area contributed by atoms with Crippen LogP contribution in [0.4, 0.5) is 10.1 Å². The fourth-order valence-electron chi connectivity index (χ4n) is 2.60. The predicted octanol–water partition coefficient (Wildman–Crippen LogP) is 5.42. The van der Waals surface area contributed by atoms with Crippen molar-refractivity contribution < 1.29 is 19.0 Å². The summed E-state index contributed by atoms with van der Waals surface area (Å²) in [4.78, 5) is 12.5. The van der Waals surface area contributed by atoms with Gasteiger partial charge in [0.2, 0.25) is 0 Å². The SMILES string of the molecule is N#C/C(=C\c1cc(Br)ccc1OCc1cccc(F)c1)C(=O)Nc1ccc(O)cc1. The first kappa shape index (κ1) is 21.1. The number of aromatic hydroxyl groups is 1. The number of benzene rings is 3. The smallest absolute Gasteiger partial charge is 0.266 e. The molecule has 150 valence electrons. The fourth-order valence-corrected chi connectivity index (χ4v) is 2.98. The lowest BCUT2D eigenvalue weighted by Crippen LogP contribution is -2.13. The summed E-state index contributed by atoms with van der Waals surface area (Å²) in [5.41, 5.74) is 1.48. The topological polar surface area (TPSA) is 82.3 Å². The minimum Gasteiger partial charge on any atom is -0.508 e. The Morgan fingerprint density at radius 3 is 2.63 bits per heavy atom. The third-order valence-corrected chi connectivity index (χ3v) is 4.54. The molecule has 0 aliphatic carbocycles. The van der Waals surface area contributed by atoms with Crippen molar-refractivity contribution in [1.82, 2.24) is 0 Å². The van der Waals surface area contributed by atoms with Gasteiger partial charge in [-0.15, -0.1) is 0 Å². The van der Waals surface area contributed by atoms with Crippen molar-refractivity contribution in [3.63, 3.8) is 0 Å². The highest BCUT2D eigenvalue weighted by molar-refractivity contribution is 9.10. The maximum Gasteiger partial charge on any atom is 0.266 e. The van der Waals surface area contributed by atoms with E-state index in [0.717, 1.165) is 4.47 Å². The molecule has 0 heterocycles. The van der Waals surface area contributed by atoms with E-state index in [4.69, 9.17) is 4.74 Å². The maximum absolute atomic E-state index is 13.4. The molecule has 0 saturated carbocycles. The number of rotatable bonds is 6. The highest BCUT2D eigenvalue weighted by atomic mass is 79.9. The third kappa shape index (κ3) is 5.69. The number of hydrogen-bond acceptors (Lipinski definition) is 4. The van der Waals surface area contributed by atoms with Crippen LogP contribution in [0.25, 0.3) is 6.08 Å². The van der Waals surface area contributed by atoms with Gasteiger partial charge in [-0.2, -0.15) is 5.26 Å². The number of nitriles is 1. The van der Waals surface area contributed by atoms with Crippen molar-refractivity contribution in [3.05, 3.63) is 93.7 Å². The van der Waals surface area contributed by atoms with Crippen LogP contribution in [0.15, 0.2) is 76.8 Å². The molecule has 0 aromatic heterocycles. The first-order valence-electron chi connectivity index (χ1n) is 8.83. The Kier molecular flexibility index (Phi) is 6.83. The van der Waals surface area contributed by atoms with Gasteiger partial charge in [-0.1, -0.05) is 28.1 Å². The normalized spacial score (nSPS) is 10.9. The number of phenolic OH excluding ortho intramolecular Hbond substituents is 1. The zero-order valence-electron chi connectivity index (χ0n) is 15.6. The molecule has 0 radical (unpaired) electrons. The number of amides is 1. The molecular weight excluding hydrogens is 451 g/mol. The molecule has 0 spiro atoms. The Hall–Kier alpha value is -3.63. The Labute approximate surface area is 181 Å². The van der Waals surface area contributed by atoms with Crippen LogP contribution in [0.1, 0.15) is 11.1 Å². The molecule has 3 aromatic rings. The van der Waals surface area contributed by atoms with Crippen LogP contribution < -0.4 is 10.1 Å². The molecule has 0 saturated heterocycles. The van der Waals surface area contributed by atoms with E-state index in [1.54, 1.807) is 30.3 Å². The first-order chi connectivity index (χ1) is 14.4. The number of carbonyl (C=O) groups is 1. The lowest BCUT2D eigenvalue weighted by Gasteiger charge is -2.11. The average Bonchev–Trinajstić information content (AvgIpc) is 2.73. The molecule has 3 aromatic carbocycles. The van der Waals surface area contributed by atoms with Gasteiger partial charge >= 0.3 is 0 Å². The number of carbonyl (C=O) groups excluding carboxylic acids is 1. The zero-order chi connectivity index (χ0) is 21.5. The van der Waals surface area contributed by atoms with E-state index in [9.17, 15) is 19.6 Å². The van der Waals surface area contributed by atoms with Gasteiger partial charge in [0, 0.05) is 15.7 Å². The standard InChI is InChI=1S/C23H16BrFN2O3/c24-18-4-9-22(30-14-15-2-1-3-19(25)10-15)16(12-18)11-17(13-26)23(29)27-20-5-7-21(28)8-6-20/h1-12,28H,14H2,(H,27,29)/b17-11+. The van der Waals surface area contributed by atoms with Crippen LogP contribution in [-0.2, 0) is 11.4 Å². The number of anilines is 1. The number of nitrogens with zero attached hydrogens (tertiary/aromatic N) is 1. The van der Waals surface area contributed by atoms with Gasteiger partial charge < -0.3 is 15.2 Å². The highest BCUT2D eigenvalue weighted by Gasteiger charge is 2.12. The molecule has 0 atom stereocenters. The molecule has 0 aliphatic heterocycles. The van der Waals surface area contributed by atoms with E-state index in [1.807, 2.05) is 6.07 Å². The molecule has 7 heteroatoms. The van der Waals surface area contributed by atoms with E-state index in [0.29, 0.717) is 22.6 Å². The number of phenols is 1. The summed E-state index contributed by atoms with van der Waals surface area (Å²) >= 11 is 3.37. The van der Waals surface area contributed by atoms with Gasteiger partial charge in [-0.25, -0.2) is 4.39 Å². The Bertz CT molecular complexity index is 1140. The van der Waals surface area contributed by atoms with Crippen molar-refractivity contribution in [2.75, 3.05) is 5.32 Å². The number of nitrogens with one attached hydrogen (secondary N) is 1. The molecule has 2 N–H and O–H groups in total. The van der Waals surface area contributed by atoms with Gasteiger partial charge in [0.15, 0.2) is 0 Å². The van der Waals surface area contributed by atoms with E-state index >= 15 is 0 Å². The first-order valence-corrected chi connectivity index (χ1v) is 9.63. The summed E-state index contributed by atoms with van der Waals surface area (Å²) in [5, 5.41) is 21.4. The summed E-state index contributed by atoms with van der Waals surface area (Å²) in [6.07, 6.45) is 1.42. The largest absolute Gasteiger partial charge is 0.508 e. The third-order valence-electron chi connectivity index (χ3n) is 4.05. The monoisotopic (exact) mass is 466 g/mol. The van der Waals surface area contributed by atoms with Crippen molar-refractivity contribution >= 4 is 33.6 Å². The summed E-state index contributed by atoms with van der Waals surface area (Å²) in [6.45, 7) is 0.127. The second-order valence-electron chi connectivity index (χ2n) is 6.27. The summed E-state index contributed by atoms with van der Waals surface area (Å²) in [5.74, 6) is -0.449. The second kappa shape index (κ2) is 9.72. The van der Waals surface area contributed by atoms with Crippen LogP contribution in [-0.4, -0.2) is 11.0 Å². The van der Waals surface area contributed by atoms with Gasteiger partial charge in [0.1, 0.15) is 35.6 Å². The average molecular weight is 467 g/mol. The van der Waals surface area contributed by atoms with Crippen LogP contribution in [0, 0.1) is 17.1 Å². The second-order valence-corrected chi connectivity index (χ2v) is 7.19. The fraction of sp³-hybridized carbons (Fsp3) is 0.0435. The summed E-state index contributed by atoms with van der Waals surface area (Å²) in [7, 11) is 0. The van der Waals surface area contributed by atoms with Gasteiger partial charge in [-0.05, 0) is 66.2 Å². The number of hydrogen-bond donors (Lipinski definition) is 2. The van der Waals surface area contributed by atoms with E-state index < -0.39 is 5.91 Å². The zero-order valence-corrected chi connectivity index (χ0v) is 17.2.